The lowest BCUT2D eigenvalue weighted by Crippen LogP contribution is -2.21. The molecule has 0 bridgehead atoms. The number of nitrogens with two attached hydrogens (primary N) is 1. The number of hydrogen-bond acceptors (Lipinski definition) is 5. The van der Waals surface area contributed by atoms with Gasteiger partial charge in [-0.3, -0.25) is 10.1 Å². The van der Waals surface area contributed by atoms with E-state index in [-0.39, 0.29) is 11.6 Å². The highest BCUT2D eigenvalue weighted by Crippen LogP contribution is 2.18. The molecule has 0 aliphatic rings. The van der Waals surface area contributed by atoms with Crippen molar-refractivity contribution in [1.29, 1.82) is 0 Å². The van der Waals surface area contributed by atoms with Crippen molar-refractivity contribution in [3.63, 3.8) is 0 Å². The second-order valence-corrected chi connectivity index (χ2v) is 4.46. The molecule has 0 heterocycles. The summed E-state index contributed by atoms with van der Waals surface area (Å²) in [6.45, 7) is 0. The third kappa shape index (κ3) is 4.27. The summed E-state index contributed by atoms with van der Waals surface area (Å²) >= 11 is 0. The lowest BCUT2D eigenvalue weighted by atomic mass is 10.2. The van der Waals surface area contributed by atoms with E-state index in [2.05, 4.69) is 15.0 Å². The van der Waals surface area contributed by atoms with Gasteiger partial charge in [0.25, 0.3) is 5.69 Å². The molecule has 8 nitrogen and oxygen atoms in total. The van der Waals surface area contributed by atoms with Gasteiger partial charge in [0.05, 0.1) is 23.3 Å². The van der Waals surface area contributed by atoms with Gasteiger partial charge in [0, 0.05) is 17.8 Å². The van der Waals surface area contributed by atoms with E-state index in [1.54, 1.807) is 24.3 Å². The Balaban J connectivity index is 2.07. The van der Waals surface area contributed by atoms with Gasteiger partial charge in [-0.15, -0.1) is 0 Å². The first-order valence-electron chi connectivity index (χ1n) is 6.53. The number of carbonyl (C=O) groups excluding carboxylic acids is 1. The zero-order valence-corrected chi connectivity index (χ0v) is 12.2. The van der Waals surface area contributed by atoms with Crippen LogP contribution in [0.3, 0.4) is 0 Å². The fourth-order valence-corrected chi connectivity index (χ4v) is 1.77. The monoisotopic (exact) mass is 314 g/mol. The number of esters is 1. The second kappa shape index (κ2) is 7.03. The lowest BCUT2D eigenvalue weighted by molar-refractivity contribution is -0.384. The molecule has 0 radical (unpaired) electrons. The Bertz CT molecular complexity index is 739. The minimum atomic E-state index is -0.488. The standard InChI is InChI=1S/C15H14N4O4/c1-23-14(20)10-2-4-11(5-3-10)17-15(16)18-12-6-8-13(9-7-12)19(21)22/h2-9H,1H3,(H3,16,17,18). The minimum Gasteiger partial charge on any atom is -0.465 e. The fraction of sp³-hybridized carbons (Fsp3) is 0.0667. The molecule has 8 heteroatoms. The Morgan fingerprint density at radius 1 is 1.17 bits per heavy atom. The van der Waals surface area contributed by atoms with E-state index in [9.17, 15) is 14.9 Å². The number of methoxy groups -OCH3 is 1. The number of benzene rings is 2. The lowest BCUT2D eigenvalue weighted by Gasteiger charge is -2.06. The molecule has 0 amide bonds. The third-order valence-electron chi connectivity index (χ3n) is 2.89. The fourth-order valence-electron chi connectivity index (χ4n) is 1.77. The quantitative estimate of drug-likeness (QED) is 0.294. The molecule has 2 aromatic rings. The van der Waals surface area contributed by atoms with Gasteiger partial charge in [0.1, 0.15) is 0 Å². The minimum absolute atomic E-state index is 0.0196. The highest BCUT2D eigenvalue weighted by atomic mass is 16.6. The van der Waals surface area contributed by atoms with Gasteiger partial charge < -0.3 is 15.8 Å². The van der Waals surface area contributed by atoms with E-state index in [1.807, 2.05) is 0 Å². The first kappa shape index (κ1) is 16.0. The molecule has 3 N–H and O–H groups in total. The van der Waals surface area contributed by atoms with E-state index < -0.39 is 10.9 Å². The Kier molecular flexibility index (Phi) is 4.88. The van der Waals surface area contributed by atoms with Gasteiger partial charge >= 0.3 is 5.97 Å². The normalized spacial score (nSPS) is 10.9. The Morgan fingerprint density at radius 3 is 2.30 bits per heavy atom. The molecule has 0 aromatic heterocycles. The van der Waals surface area contributed by atoms with Crippen molar-refractivity contribution < 1.29 is 14.5 Å². The van der Waals surface area contributed by atoms with Gasteiger partial charge in [-0.25, -0.2) is 9.79 Å². The molecular formula is C15H14N4O4. The maximum atomic E-state index is 11.3. The zero-order chi connectivity index (χ0) is 16.8. The molecule has 118 valence electrons. The van der Waals surface area contributed by atoms with Crippen LogP contribution in [-0.2, 0) is 4.74 Å². The van der Waals surface area contributed by atoms with Crippen LogP contribution in [0.25, 0.3) is 0 Å². The van der Waals surface area contributed by atoms with Crippen LogP contribution in [0.1, 0.15) is 10.4 Å². The van der Waals surface area contributed by atoms with Crippen LogP contribution in [0.4, 0.5) is 17.1 Å². The summed E-state index contributed by atoms with van der Waals surface area (Å²) in [5, 5.41) is 13.4. The van der Waals surface area contributed by atoms with Crippen molar-refractivity contribution in [2.45, 2.75) is 0 Å². The summed E-state index contributed by atoms with van der Waals surface area (Å²) in [5.41, 5.74) is 7.29. The van der Waals surface area contributed by atoms with Crippen molar-refractivity contribution in [2.75, 3.05) is 12.4 Å². The van der Waals surface area contributed by atoms with Crippen LogP contribution in [0.5, 0.6) is 0 Å². The summed E-state index contributed by atoms with van der Waals surface area (Å²) in [7, 11) is 1.31. The number of guanidine groups is 1. The SMILES string of the molecule is COC(=O)c1ccc(NC(N)=Nc2ccc([N+](=O)[O-])cc2)cc1. The Hall–Kier alpha value is -3.42. The van der Waals surface area contributed by atoms with E-state index in [0.717, 1.165) is 0 Å². The number of ether oxygens (including phenoxy) is 1. The maximum absolute atomic E-state index is 11.3. The van der Waals surface area contributed by atoms with E-state index in [1.165, 1.54) is 31.4 Å². The number of anilines is 1. The van der Waals surface area contributed by atoms with Crippen LogP contribution < -0.4 is 11.1 Å². The van der Waals surface area contributed by atoms with Gasteiger partial charge in [0.2, 0.25) is 0 Å². The van der Waals surface area contributed by atoms with E-state index in [0.29, 0.717) is 16.9 Å². The van der Waals surface area contributed by atoms with Crippen molar-refractivity contribution in [2.24, 2.45) is 10.7 Å². The van der Waals surface area contributed by atoms with Crippen LogP contribution in [0, 0.1) is 10.1 Å². The van der Waals surface area contributed by atoms with E-state index >= 15 is 0 Å². The topological polar surface area (TPSA) is 120 Å². The number of nitro groups is 1. The Labute approximate surface area is 131 Å². The molecule has 0 saturated carbocycles. The van der Waals surface area contributed by atoms with E-state index in [4.69, 9.17) is 5.73 Å². The Morgan fingerprint density at radius 2 is 1.78 bits per heavy atom. The van der Waals surface area contributed by atoms with Crippen molar-refractivity contribution >= 4 is 29.0 Å². The van der Waals surface area contributed by atoms with Crippen molar-refractivity contribution in [1.82, 2.24) is 0 Å². The highest BCUT2D eigenvalue weighted by Gasteiger charge is 2.05. The van der Waals surface area contributed by atoms with Crippen LogP contribution in [0.15, 0.2) is 53.5 Å². The summed E-state index contributed by atoms with van der Waals surface area (Å²) in [6.07, 6.45) is 0. The van der Waals surface area contributed by atoms with Crippen LogP contribution in [-0.4, -0.2) is 24.0 Å². The number of carbonyl (C=O) groups is 1. The number of nitrogens with one attached hydrogen (secondary N) is 1. The molecule has 0 spiro atoms. The molecular weight excluding hydrogens is 300 g/mol. The molecule has 0 unspecified atom stereocenters. The molecule has 0 atom stereocenters. The van der Waals surface area contributed by atoms with Crippen molar-refractivity contribution in [3.8, 4) is 0 Å². The zero-order valence-electron chi connectivity index (χ0n) is 12.2. The van der Waals surface area contributed by atoms with Gasteiger partial charge in [-0.05, 0) is 36.4 Å². The second-order valence-electron chi connectivity index (χ2n) is 4.46. The van der Waals surface area contributed by atoms with Crippen LogP contribution in [0.2, 0.25) is 0 Å². The van der Waals surface area contributed by atoms with Gasteiger partial charge in [-0.1, -0.05) is 0 Å². The summed E-state index contributed by atoms with van der Waals surface area (Å²) in [4.78, 5) is 25.5. The average molecular weight is 314 g/mol. The largest absolute Gasteiger partial charge is 0.465 e. The predicted octanol–water partition coefficient (Wildman–Crippen LogP) is 2.44. The third-order valence-corrected chi connectivity index (χ3v) is 2.89. The first-order valence-corrected chi connectivity index (χ1v) is 6.53. The highest BCUT2D eigenvalue weighted by molar-refractivity contribution is 5.95. The molecule has 0 fully saturated rings. The summed E-state index contributed by atoms with van der Waals surface area (Å²) < 4.78 is 4.61. The number of nitrogens with zero attached hydrogens (tertiary/aromatic N) is 2. The number of hydrogen-bond donors (Lipinski definition) is 2. The first-order chi connectivity index (χ1) is 11.0. The number of aliphatic imine (C=N–C) groups is 1. The number of rotatable bonds is 4. The predicted molar refractivity (Wildman–Crippen MR) is 85.8 cm³/mol. The molecule has 0 aliphatic carbocycles. The molecule has 23 heavy (non-hydrogen) atoms. The molecule has 2 rings (SSSR count). The van der Waals surface area contributed by atoms with Crippen molar-refractivity contribution in [3.05, 3.63) is 64.2 Å². The summed E-state index contributed by atoms with van der Waals surface area (Å²) in [5.74, 6) is -0.311. The average Bonchev–Trinajstić information content (AvgIpc) is 2.55. The number of nitro benzene ring substituents is 1. The summed E-state index contributed by atoms with van der Waals surface area (Å²) in [6, 6.07) is 12.2. The smallest absolute Gasteiger partial charge is 0.337 e. The molecule has 0 saturated heterocycles. The molecule has 0 aliphatic heterocycles. The van der Waals surface area contributed by atoms with Gasteiger partial charge in [-0.2, -0.15) is 0 Å². The molecule has 2 aromatic carbocycles. The van der Waals surface area contributed by atoms with Crippen LogP contribution >= 0.6 is 0 Å². The van der Waals surface area contributed by atoms with Gasteiger partial charge in [0.15, 0.2) is 5.96 Å². The number of non-ortho nitro benzene ring substituents is 1. The maximum Gasteiger partial charge on any atom is 0.337 e.